The SMILES string of the molecule is CS(=O)(=O)c1ccc(C(=O)NC(c2ccccc2)c2cccs2)cc1. The van der Waals surface area contributed by atoms with Crippen LogP contribution in [0.4, 0.5) is 0 Å². The smallest absolute Gasteiger partial charge is 0.252 e. The Hall–Kier alpha value is -2.44. The summed E-state index contributed by atoms with van der Waals surface area (Å²) in [6.45, 7) is 0. The fraction of sp³-hybridized carbons (Fsp3) is 0.105. The maximum atomic E-state index is 12.6. The number of nitrogens with one attached hydrogen (secondary N) is 1. The van der Waals surface area contributed by atoms with Crippen LogP contribution in [0.1, 0.15) is 26.8 Å². The summed E-state index contributed by atoms with van der Waals surface area (Å²) in [7, 11) is -3.28. The summed E-state index contributed by atoms with van der Waals surface area (Å²) < 4.78 is 23.1. The van der Waals surface area contributed by atoms with Crippen molar-refractivity contribution in [2.45, 2.75) is 10.9 Å². The van der Waals surface area contributed by atoms with Gasteiger partial charge in [0.05, 0.1) is 10.9 Å². The van der Waals surface area contributed by atoms with Crippen molar-refractivity contribution in [3.8, 4) is 0 Å². The van der Waals surface area contributed by atoms with Gasteiger partial charge in [-0.2, -0.15) is 0 Å². The van der Waals surface area contributed by atoms with Crippen molar-refractivity contribution < 1.29 is 13.2 Å². The van der Waals surface area contributed by atoms with E-state index in [0.717, 1.165) is 16.7 Å². The summed E-state index contributed by atoms with van der Waals surface area (Å²) >= 11 is 1.57. The number of benzene rings is 2. The van der Waals surface area contributed by atoms with Gasteiger partial charge in [0, 0.05) is 16.7 Å². The number of carbonyl (C=O) groups excluding carboxylic acids is 1. The predicted octanol–water partition coefficient (Wildman–Crippen LogP) is 3.67. The summed E-state index contributed by atoms with van der Waals surface area (Å²) in [5, 5.41) is 5.00. The van der Waals surface area contributed by atoms with Crippen LogP contribution in [0, 0.1) is 0 Å². The molecule has 0 fully saturated rings. The average molecular weight is 371 g/mol. The van der Waals surface area contributed by atoms with Crippen molar-refractivity contribution in [2.24, 2.45) is 0 Å². The summed E-state index contributed by atoms with van der Waals surface area (Å²) in [5.74, 6) is -0.248. The molecule has 0 spiro atoms. The van der Waals surface area contributed by atoms with E-state index < -0.39 is 9.84 Å². The number of amides is 1. The minimum atomic E-state index is -3.28. The van der Waals surface area contributed by atoms with E-state index in [1.54, 1.807) is 11.3 Å². The lowest BCUT2D eigenvalue weighted by molar-refractivity contribution is 0.0943. The molecule has 1 atom stereocenters. The summed E-state index contributed by atoms with van der Waals surface area (Å²) in [4.78, 5) is 13.9. The van der Waals surface area contributed by atoms with Gasteiger partial charge in [0.25, 0.3) is 5.91 Å². The monoisotopic (exact) mass is 371 g/mol. The number of thiophene rings is 1. The van der Waals surface area contributed by atoms with E-state index in [-0.39, 0.29) is 16.8 Å². The summed E-state index contributed by atoms with van der Waals surface area (Å²) in [6, 6.07) is 19.4. The van der Waals surface area contributed by atoms with Crippen LogP contribution in [0.15, 0.2) is 77.0 Å². The zero-order valence-electron chi connectivity index (χ0n) is 13.5. The van der Waals surface area contributed by atoms with E-state index in [1.165, 1.54) is 24.3 Å². The Morgan fingerprint density at radius 2 is 1.64 bits per heavy atom. The predicted molar refractivity (Wildman–Crippen MR) is 99.6 cm³/mol. The Labute approximate surface area is 151 Å². The highest BCUT2D eigenvalue weighted by Crippen LogP contribution is 2.26. The molecule has 1 aromatic heterocycles. The lowest BCUT2D eigenvalue weighted by atomic mass is 10.0. The topological polar surface area (TPSA) is 63.2 Å². The average Bonchev–Trinajstić information content (AvgIpc) is 3.14. The first kappa shape index (κ1) is 17.4. The quantitative estimate of drug-likeness (QED) is 0.744. The van der Waals surface area contributed by atoms with Gasteiger partial charge in [0.1, 0.15) is 0 Å². The van der Waals surface area contributed by atoms with Gasteiger partial charge < -0.3 is 5.32 Å². The normalized spacial score (nSPS) is 12.5. The molecule has 0 saturated carbocycles. The lowest BCUT2D eigenvalue weighted by Crippen LogP contribution is -2.28. The molecule has 0 saturated heterocycles. The molecule has 128 valence electrons. The molecule has 0 radical (unpaired) electrons. The van der Waals surface area contributed by atoms with E-state index in [4.69, 9.17) is 0 Å². The van der Waals surface area contributed by atoms with Gasteiger partial charge in [-0.3, -0.25) is 4.79 Å². The van der Waals surface area contributed by atoms with Gasteiger partial charge in [-0.25, -0.2) is 8.42 Å². The standard InChI is InChI=1S/C19H17NO3S2/c1-25(22,23)16-11-9-15(10-12-16)19(21)20-18(17-8-5-13-24-17)14-6-3-2-4-7-14/h2-13,18H,1H3,(H,20,21). The van der Waals surface area contributed by atoms with E-state index in [0.29, 0.717) is 5.56 Å². The molecule has 6 heteroatoms. The van der Waals surface area contributed by atoms with Crippen LogP contribution in [0.5, 0.6) is 0 Å². The highest BCUT2D eigenvalue weighted by Gasteiger charge is 2.19. The van der Waals surface area contributed by atoms with Crippen LogP contribution in [0.25, 0.3) is 0 Å². The third kappa shape index (κ3) is 4.15. The molecule has 1 unspecified atom stereocenters. The highest BCUT2D eigenvalue weighted by molar-refractivity contribution is 7.90. The minimum absolute atomic E-state index is 0.196. The van der Waals surface area contributed by atoms with E-state index >= 15 is 0 Å². The first-order chi connectivity index (χ1) is 11.9. The van der Waals surface area contributed by atoms with Crippen molar-refractivity contribution in [2.75, 3.05) is 6.26 Å². The molecule has 0 aliphatic carbocycles. The molecule has 4 nitrogen and oxygen atoms in total. The third-order valence-corrected chi connectivity index (χ3v) is 5.85. The number of hydrogen-bond acceptors (Lipinski definition) is 4. The largest absolute Gasteiger partial charge is 0.340 e. The van der Waals surface area contributed by atoms with Crippen LogP contribution in [0.3, 0.4) is 0 Å². The van der Waals surface area contributed by atoms with Gasteiger partial charge in [-0.05, 0) is 41.3 Å². The van der Waals surface area contributed by atoms with Crippen LogP contribution in [-0.2, 0) is 9.84 Å². The van der Waals surface area contributed by atoms with Crippen LogP contribution >= 0.6 is 11.3 Å². The fourth-order valence-corrected chi connectivity index (χ4v) is 3.92. The van der Waals surface area contributed by atoms with Gasteiger partial charge in [0.15, 0.2) is 9.84 Å². The molecule has 1 heterocycles. The molecule has 3 rings (SSSR count). The highest BCUT2D eigenvalue weighted by atomic mass is 32.2. The fourth-order valence-electron chi connectivity index (χ4n) is 2.49. The lowest BCUT2D eigenvalue weighted by Gasteiger charge is -2.18. The molecule has 1 N–H and O–H groups in total. The molecule has 0 aliphatic rings. The minimum Gasteiger partial charge on any atom is -0.340 e. The Bertz CT molecular complexity index is 948. The maximum absolute atomic E-state index is 12.6. The molecule has 1 amide bonds. The van der Waals surface area contributed by atoms with Crippen LogP contribution < -0.4 is 5.32 Å². The zero-order valence-corrected chi connectivity index (χ0v) is 15.2. The second-order valence-electron chi connectivity index (χ2n) is 5.63. The Balaban J connectivity index is 1.86. The van der Waals surface area contributed by atoms with Crippen LogP contribution in [0.2, 0.25) is 0 Å². The second-order valence-corrected chi connectivity index (χ2v) is 8.62. The van der Waals surface area contributed by atoms with Gasteiger partial charge in [-0.15, -0.1) is 11.3 Å². The van der Waals surface area contributed by atoms with Crippen molar-refractivity contribution in [1.29, 1.82) is 0 Å². The van der Waals surface area contributed by atoms with Crippen molar-refractivity contribution >= 4 is 27.1 Å². The van der Waals surface area contributed by atoms with E-state index in [1.807, 2.05) is 47.8 Å². The second kappa shape index (κ2) is 7.21. The first-order valence-electron chi connectivity index (χ1n) is 7.64. The molecule has 25 heavy (non-hydrogen) atoms. The number of carbonyl (C=O) groups is 1. The summed E-state index contributed by atoms with van der Waals surface area (Å²) in [6.07, 6.45) is 1.14. The Kier molecular flexibility index (Phi) is 5.01. The molecule has 3 aromatic rings. The van der Waals surface area contributed by atoms with Crippen LogP contribution in [-0.4, -0.2) is 20.6 Å². The molecule has 2 aromatic carbocycles. The molecule has 0 aliphatic heterocycles. The van der Waals surface area contributed by atoms with E-state index in [9.17, 15) is 13.2 Å². The number of rotatable bonds is 5. The molecule has 0 bridgehead atoms. The van der Waals surface area contributed by atoms with Gasteiger partial charge in [0.2, 0.25) is 0 Å². The van der Waals surface area contributed by atoms with Gasteiger partial charge >= 0.3 is 0 Å². The number of sulfone groups is 1. The zero-order chi connectivity index (χ0) is 17.9. The molecular formula is C19H17NO3S2. The van der Waals surface area contributed by atoms with Crippen molar-refractivity contribution in [3.05, 3.63) is 88.1 Å². The summed E-state index contributed by atoms with van der Waals surface area (Å²) in [5.41, 5.74) is 1.41. The van der Waals surface area contributed by atoms with Crippen molar-refractivity contribution in [3.63, 3.8) is 0 Å². The molecular weight excluding hydrogens is 354 g/mol. The Morgan fingerprint density at radius 1 is 0.960 bits per heavy atom. The van der Waals surface area contributed by atoms with Crippen molar-refractivity contribution in [1.82, 2.24) is 5.32 Å². The maximum Gasteiger partial charge on any atom is 0.252 e. The third-order valence-electron chi connectivity index (χ3n) is 3.78. The number of hydrogen-bond donors (Lipinski definition) is 1. The Morgan fingerprint density at radius 3 is 2.20 bits per heavy atom. The van der Waals surface area contributed by atoms with Gasteiger partial charge in [-0.1, -0.05) is 36.4 Å². The van der Waals surface area contributed by atoms with E-state index in [2.05, 4.69) is 5.32 Å². The first-order valence-corrected chi connectivity index (χ1v) is 10.4.